The van der Waals surface area contributed by atoms with Gasteiger partial charge in [-0.2, -0.15) is 0 Å². The zero-order valence-corrected chi connectivity index (χ0v) is 12.7. The summed E-state index contributed by atoms with van der Waals surface area (Å²) in [6.07, 6.45) is 6.98. The molecule has 106 valence electrons. The molecule has 0 radical (unpaired) electrons. The van der Waals surface area contributed by atoms with Gasteiger partial charge in [-0.15, -0.1) is 6.58 Å². The Morgan fingerprint density at radius 3 is 2.47 bits per heavy atom. The zero-order valence-electron chi connectivity index (χ0n) is 12.7. The lowest BCUT2D eigenvalue weighted by atomic mass is 9.81. The Kier molecular flexibility index (Phi) is 6.30. The molecule has 0 spiro atoms. The minimum Gasteiger partial charge on any atom is -0.388 e. The maximum atomic E-state index is 10.4. The molecular formula is C18H28O. The molecule has 1 aromatic rings. The summed E-state index contributed by atoms with van der Waals surface area (Å²) in [6.45, 7) is 10.3. The first kappa shape index (κ1) is 16.0. The Hall–Kier alpha value is -1.08. The smallest absolute Gasteiger partial charge is 0.0792 e. The highest BCUT2D eigenvalue weighted by Crippen LogP contribution is 2.31. The molecule has 19 heavy (non-hydrogen) atoms. The van der Waals surface area contributed by atoms with Crippen LogP contribution >= 0.6 is 0 Å². The summed E-state index contributed by atoms with van der Waals surface area (Å²) in [5.74, 6) is 0. The van der Waals surface area contributed by atoms with Crippen LogP contribution in [0.1, 0.15) is 70.1 Å². The van der Waals surface area contributed by atoms with E-state index >= 15 is 0 Å². The minimum atomic E-state index is -0.334. The number of hydrogen-bond donors (Lipinski definition) is 1. The quantitative estimate of drug-likeness (QED) is 0.530. The van der Waals surface area contributed by atoms with Crippen molar-refractivity contribution in [1.29, 1.82) is 0 Å². The first-order chi connectivity index (χ1) is 8.96. The Morgan fingerprint density at radius 2 is 1.84 bits per heavy atom. The summed E-state index contributed by atoms with van der Waals surface area (Å²) < 4.78 is 0. The minimum absolute atomic E-state index is 0.0837. The summed E-state index contributed by atoms with van der Waals surface area (Å²) in [4.78, 5) is 0. The second-order valence-corrected chi connectivity index (χ2v) is 6.28. The highest BCUT2D eigenvalue weighted by molar-refractivity contribution is 5.34. The van der Waals surface area contributed by atoms with E-state index in [1.54, 1.807) is 0 Å². The lowest BCUT2D eigenvalue weighted by Gasteiger charge is -2.25. The molecule has 1 atom stereocenters. The molecule has 0 saturated heterocycles. The Bertz CT molecular complexity index is 387. The van der Waals surface area contributed by atoms with Crippen LogP contribution in [-0.2, 0) is 5.41 Å². The van der Waals surface area contributed by atoms with Gasteiger partial charge in [0.2, 0.25) is 0 Å². The van der Waals surface area contributed by atoms with Crippen molar-refractivity contribution in [3.8, 4) is 0 Å². The predicted molar refractivity (Wildman–Crippen MR) is 83.4 cm³/mol. The molecule has 0 aliphatic rings. The van der Waals surface area contributed by atoms with Gasteiger partial charge >= 0.3 is 0 Å². The highest BCUT2D eigenvalue weighted by Gasteiger charge is 2.20. The van der Waals surface area contributed by atoms with Gasteiger partial charge in [0.15, 0.2) is 0 Å². The number of rotatable bonds is 7. The fraction of sp³-hybridized carbons (Fsp3) is 0.556. The standard InChI is InChI=1S/C18H28O/c1-5-6-7-8-9-14-17(19)15-12-10-11-13-16(15)18(2,3)4/h5,10-13,17,19H,1,6-9,14H2,2-4H3. The maximum Gasteiger partial charge on any atom is 0.0792 e. The fourth-order valence-electron chi connectivity index (χ4n) is 2.43. The SMILES string of the molecule is C=CCCCCCC(O)c1ccccc1C(C)(C)C. The van der Waals surface area contributed by atoms with Crippen LogP contribution in [0.5, 0.6) is 0 Å². The maximum absolute atomic E-state index is 10.4. The third-order valence-electron chi connectivity index (χ3n) is 3.51. The van der Waals surface area contributed by atoms with Gasteiger partial charge in [-0.05, 0) is 35.8 Å². The average molecular weight is 260 g/mol. The average Bonchev–Trinajstić information content (AvgIpc) is 2.37. The molecule has 0 amide bonds. The lowest BCUT2D eigenvalue weighted by Crippen LogP contribution is -2.16. The van der Waals surface area contributed by atoms with Crippen LogP contribution < -0.4 is 0 Å². The van der Waals surface area contributed by atoms with E-state index in [9.17, 15) is 5.11 Å². The van der Waals surface area contributed by atoms with Gasteiger partial charge in [0.05, 0.1) is 6.10 Å². The highest BCUT2D eigenvalue weighted by atomic mass is 16.3. The number of benzene rings is 1. The fourth-order valence-corrected chi connectivity index (χ4v) is 2.43. The lowest BCUT2D eigenvalue weighted by molar-refractivity contribution is 0.161. The number of unbranched alkanes of at least 4 members (excludes halogenated alkanes) is 3. The van der Waals surface area contributed by atoms with Gasteiger partial charge in [0, 0.05) is 0 Å². The van der Waals surface area contributed by atoms with Crippen LogP contribution in [0.3, 0.4) is 0 Å². The van der Waals surface area contributed by atoms with Crippen molar-refractivity contribution >= 4 is 0 Å². The van der Waals surface area contributed by atoms with Crippen LogP contribution in [0.25, 0.3) is 0 Å². The Morgan fingerprint density at radius 1 is 1.16 bits per heavy atom. The molecule has 0 aromatic heterocycles. The third-order valence-corrected chi connectivity index (χ3v) is 3.51. The molecule has 1 rings (SSSR count). The van der Waals surface area contributed by atoms with E-state index < -0.39 is 0 Å². The van der Waals surface area contributed by atoms with Crippen LogP contribution in [0.15, 0.2) is 36.9 Å². The summed E-state index contributed by atoms with van der Waals surface area (Å²) in [6, 6.07) is 8.28. The number of allylic oxidation sites excluding steroid dienone is 1. The molecule has 0 bridgehead atoms. The Balaban J connectivity index is 2.61. The van der Waals surface area contributed by atoms with Gasteiger partial charge in [-0.25, -0.2) is 0 Å². The second-order valence-electron chi connectivity index (χ2n) is 6.28. The first-order valence-corrected chi connectivity index (χ1v) is 7.35. The molecule has 1 heteroatoms. The van der Waals surface area contributed by atoms with E-state index in [2.05, 4.69) is 45.5 Å². The van der Waals surface area contributed by atoms with E-state index in [0.717, 1.165) is 24.8 Å². The van der Waals surface area contributed by atoms with Gasteiger partial charge in [0.25, 0.3) is 0 Å². The van der Waals surface area contributed by atoms with Crippen molar-refractivity contribution in [2.45, 2.75) is 64.4 Å². The molecule has 1 nitrogen and oxygen atoms in total. The first-order valence-electron chi connectivity index (χ1n) is 7.35. The van der Waals surface area contributed by atoms with Gasteiger partial charge in [-0.3, -0.25) is 0 Å². The van der Waals surface area contributed by atoms with E-state index in [4.69, 9.17) is 0 Å². The molecule has 1 aromatic carbocycles. The molecule has 0 heterocycles. The predicted octanol–water partition coefficient (Wildman–Crippen LogP) is 5.15. The monoisotopic (exact) mass is 260 g/mol. The van der Waals surface area contributed by atoms with Gasteiger partial charge < -0.3 is 5.11 Å². The molecule has 0 saturated carbocycles. The topological polar surface area (TPSA) is 20.2 Å². The van der Waals surface area contributed by atoms with E-state index in [0.29, 0.717) is 0 Å². The molecule has 0 fully saturated rings. The summed E-state index contributed by atoms with van der Waals surface area (Å²) >= 11 is 0. The van der Waals surface area contributed by atoms with Crippen molar-refractivity contribution in [2.24, 2.45) is 0 Å². The zero-order chi connectivity index (χ0) is 14.3. The van der Waals surface area contributed by atoms with Crippen molar-refractivity contribution in [1.82, 2.24) is 0 Å². The normalized spacial score (nSPS) is 13.3. The number of hydrogen-bond acceptors (Lipinski definition) is 1. The summed E-state index contributed by atoms with van der Waals surface area (Å²) in [5, 5.41) is 10.4. The molecule has 1 N–H and O–H groups in total. The number of aliphatic hydroxyl groups excluding tert-OH is 1. The van der Waals surface area contributed by atoms with E-state index in [1.165, 1.54) is 18.4 Å². The number of aliphatic hydroxyl groups is 1. The molecule has 0 aliphatic heterocycles. The third kappa shape index (κ3) is 5.20. The molecule has 0 aliphatic carbocycles. The summed E-state index contributed by atoms with van der Waals surface area (Å²) in [5.41, 5.74) is 2.44. The van der Waals surface area contributed by atoms with Crippen molar-refractivity contribution in [2.75, 3.05) is 0 Å². The Labute approximate surface area is 118 Å². The van der Waals surface area contributed by atoms with Crippen LogP contribution in [0.4, 0.5) is 0 Å². The van der Waals surface area contributed by atoms with Crippen LogP contribution in [0.2, 0.25) is 0 Å². The van der Waals surface area contributed by atoms with E-state index in [-0.39, 0.29) is 11.5 Å². The van der Waals surface area contributed by atoms with Gasteiger partial charge in [-0.1, -0.05) is 64.0 Å². The largest absolute Gasteiger partial charge is 0.388 e. The van der Waals surface area contributed by atoms with E-state index in [1.807, 2.05) is 12.1 Å². The summed E-state index contributed by atoms with van der Waals surface area (Å²) in [7, 11) is 0. The second kappa shape index (κ2) is 7.49. The molecule has 1 unspecified atom stereocenters. The van der Waals surface area contributed by atoms with Crippen molar-refractivity contribution < 1.29 is 5.11 Å². The van der Waals surface area contributed by atoms with Crippen molar-refractivity contribution in [3.63, 3.8) is 0 Å². The molecular weight excluding hydrogens is 232 g/mol. The van der Waals surface area contributed by atoms with Crippen molar-refractivity contribution in [3.05, 3.63) is 48.0 Å². The van der Waals surface area contributed by atoms with Crippen LogP contribution in [0, 0.1) is 0 Å². The van der Waals surface area contributed by atoms with Gasteiger partial charge in [0.1, 0.15) is 0 Å². The van der Waals surface area contributed by atoms with Crippen LogP contribution in [-0.4, -0.2) is 5.11 Å².